The molecule has 0 aliphatic carbocycles. The molecule has 31 heavy (non-hydrogen) atoms. The summed E-state index contributed by atoms with van der Waals surface area (Å²) in [6.45, 7) is 3.38. The van der Waals surface area contributed by atoms with Gasteiger partial charge in [-0.05, 0) is 31.2 Å². The normalized spacial score (nSPS) is 13.7. The summed E-state index contributed by atoms with van der Waals surface area (Å²) in [6.07, 6.45) is 7.65. The maximum Gasteiger partial charge on any atom is 0.273 e. The predicted molar refractivity (Wildman–Crippen MR) is 127 cm³/mol. The monoisotopic (exact) mass is 439 g/mol. The van der Waals surface area contributed by atoms with Crippen LogP contribution in [0.2, 0.25) is 0 Å². The zero-order valence-electron chi connectivity index (χ0n) is 18.2. The summed E-state index contributed by atoms with van der Waals surface area (Å²) < 4.78 is 0. The molecule has 1 aliphatic heterocycles. The third kappa shape index (κ3) is 5.86. The Labute approximate surface area is 187 Å². The summed E-state index contributed by atoms with van der Waals surface area (Å²) in [5, 5.41) is 12.2. The molecule has 7 nitrogen and oxygen atoms in total. The Morgan fingerprint density at radius 2 is 2.16 bits per heavy atom. The van der Waals surface area contributed by atoms with Gasteiger partial charge in [0.15, 0.2) is 0 Å². The van der Waals surface area contributed by atoms with Crippen LogP contribution in [0.4, 0.5) is 5.82 Å². The fraction of sp³-hybridized carbons (Fsp3) is 0.348. The number of carbonyl (C=O) groups is 1. The Kier molecular flexibility index (Phi) is 8.08. The number of nitrogens with one attached hydrogen (secondary N) is 1. The lowest BCUT2D eigenvalue weighted by Gasteiger charge is -2.18. The number of carbonyl (C=O) groups excluding carboxylic acids is 1. The number of pyridine rings is 2. The highest BCUT2D eigenvalue weighted by molar-refractivity contribution is 7.99. The number of hydrogen-bond acceptors (Lipinski definition) is 7. The minimum Gasteiger partial charge on any atom is -0.396 e. The smallest absolute Gasteiger partial charge is 0.273 e. The van der Waals surface area contributed by atoms with E-state index in [0.717, 1.165) is 28.4 Å². The van der Waals surface area contributed by atoms with Crippen molar-refractivity contribution in [3.05, 3.63) is 65.8 Å². The standard InChI is InChI=1S/C23H29N5O2S/c1-4-5-6-21(27(2)3)26-20-15-17(9-10-24-20)19-8-7-18-16-28(11-13-31-14-12-29)23(30)22(18)25-19/h4-10,15,29H,11-14,16H2,1-3H3,(H,24,26)/b5-4+,21-6-. The van der Waals surface area contributed by atoms with Crippen LogP contribution in [0.1, 0.15) is 23.0 Å². The Morgan fingerprint density at radius 1 is 1.32 bits per heavy atom. The number of anilines is 1. The van der Waals surface area contributed by atoms with E-state index in [1.54, 1.807) is 18.0 Å². The summed E-state index contributed by atoms with van der Waals surface area (Å²) in [5.74, 6) is 3.09. The quantitative estimate of drug-likeness (QED) is 0.434. The lowest BCUT2D eigenvalue weighted by atomic mass is 10.1. The zero-order chi connectivity index (χ0) is 22.2. The van der Waals surface area contributed by atoms with E-state index in [1.165, 1.54) is 0 Å². The minimum absolute atomic E-state index is 0.0296. The number of fused-ring (bicyclic) bond motifs is 1. The molecule has 0 aromatic carbocycles. The molecule has 3 heterocycles. The summed E-state index contributed by atoms with van der Waals surface area (Å²) in [7, 11) is 3.93. The molecule has 0 saturated carbocycles. The Bertz CT molecular complexity index is 974. The van der Waals surface area contributed by atoms with E-state index in [4.69, 9.17) is 5.11 Å². The highest BCUT2D eigenvalue weighted by Crippen LogP contribution is 2.26. The average Bonchev–Trinajstić information content (AvgIpc) is 3.09. The van der Waals surface area contributed by atoms with Crippen molar-refractivity contribution in [3.8, 4) is 11.3 Å². The zero-order valence-corrected chi connectivity index (χ0v) is 19.0. The summed E-state index contributed by atoms with van der Waals surface area (Å²) in [4.78, 5) is 25.7. The van der Waals surface area contributed by atoms with Crippen LogP contribution in [-0.2, 0) is 6.54 Å². The molecule has 0 spiro atoms. The molecule has 1 aliphatic rings. The Hall–Kier alpha value is -2.84. The second-order valence-electron chi connectivity index (χ2n) is 7.29. The number of aliphatic hydroxyl groups is 1. The Morgan fingerprint density at radius 3 is 2.90 bits per heavy atom. The minimum atomic E-state index is -0.0296. The predicted octanol–water partition coefficient (Wildman–Crippen LogP) is 3.22. The second kappa shape index (κ2) is 11.0. The first-order chi connectivity index (χ1) is 15.0. The van der Waals surface area contributed by atoms with Crippen molar-refractivity contribution in [1.29, 1.82) is 0 Å². The molecule has 0 radical (unpaired) electrons. The lowest BCUT2D eigenvalue weighted by Crippen LogP contribution is -2.26. The fourth-order valence-corrected chi connectivity index (χ4v) is 3.87. The number of thioether (sulfide) groups is 1. The van der Waals surface area contributed by atoms with Gasteiger partial charge in [-0.2, -0.15) is 11.8 Å². The van der Waals surface area contributed by atoms with Gasteiger partial charge in [0, 0.05) is 56.0 Å². The van der Waals surface area contributed by atoms with E-state index in [1.807, 2.05) is 73.3 Å². The van der Waals surface area contributed by atoms with E-state index in [-0.39, 0.29) is 12.5 Å². The van der Waals surface area contributed by atoms with Crippen molar-refractivity contribution < 1.29 is 9.90 Å². The summed E-state index contributed by atoms with van der Waals surface area (Å²) >= 11 is 1.64. The number of aromatic nitrogens is 2. The first kappa shape index (κ1) is 22.8. The molecule has 3 rings (SSSR count). The summed E-state index contributed by atoms with van der Waals surface area (Å²) in [6, 6.07) is 7.77. The van der Waals surface area contributed by atoms with E-state index < -0.39 is 0 Å². The third-order valence-electron chi connectivity index (χ3n) is 4.81. The van der Waals surface area contributed by atoms with Crippen LogP contribution in [0.15, 0.2) is 54.5 Å². The van der Waals surface area contributed by atoms with E-state index >= 15 is 0 Å². The van der Waals surface area contributed by atoms with Gasteiger partial charge in [0.25, 0.3) is 5.91 Å². The van der Waals surface area contributed by atoms with Gasteiger partial charge in [-0.25, -0.2) is 9.97 Å². The van der Waals surface area contributed by atoms with Crippen LogP contribution in [0, 0.1) is 0 Å². The first-order valence-corrected chi connectivity index (χ1v) is 11.4. The van der Waals surface area contributed by atoms with Gasteiger partial charge in [-0.1, -0.05) is 18.2 Å². The van der Waals surface area contributed by atoms with Crippen molar-refractivity contribution in [1.82, 2.24) is 19.8 Å². The van der Waals surface area contributed by atoms with Gasteiger partial charge in [0.05, 0.1) is 12.3 Å². The number of hydrogen-bond donors (Lipinski definition) is 2. The first-order valence-electron chi connectivity index (χ1n) is 10.2. The topological polar surface area (TPSA) is 81.6 Å². The van der Waals surface area contributed by atoms with E-state index in [0.29, 0.717) is 30.4 Å². The van der Waals surface area contributed by atoms with Crippen LogP contribution in [0.3, 0.4) is 0 Å². The van der Waals surface area contributed by atoms with Crippen LogP contribution in [-0.4, -0.2) is 69.5 Å². The molecule has 0 unspecified atom stereocenters. The number of aliphatic hydroxyl groups excluding tert-OH is 1. The SMILES string of the molecule is C/C=C/C=C(/Nc1cc(-c2ccc3c(n2)C(=O)N(CCSCCO)C3)ccn1)N(C)C. The van der Waals surface area contributed by atoms with Gasteiger partial charge in [-0.3, -0.25) is 4.79 Å². The molecule has 164 valence electrons. The van der Waals surface area contributed by atoms with Gasteiger partial charge >= 0.3 is 0 Å². The lowest BCUT2D eigenvalue weighted by molar-refractivity contribution is 0.0784. The van der Waals surface area contributed by atoms with Gasteiger partial charge in [0.2, 0.25) is 0 Å². The molecular formula is C23H29N5O2S. The van der Waals surface area contributed by atoms with Crippen LogP contribution in [0.25, 0.3) is 11.3 Å². The second-order valence-corrected chi connectivity index (χ2v) is 8.52. The number of allylic oxidation sites excluding steroid dienone is 3. The fourth-order valence-electron chi connectivity index (χ4n) is 3.19. The van der Waals surface area contributed by atoms with E-state index in [2.05, 4.69) is 15.3 Å². The maximum absolute atomic E-state index is 12.8. The molecule has 0 saturated heterocycles. The molecular weight excluding hydrogens is 410 g/mol. The third-order valence-corrected chi connectivity index (χ3v) is 5.75. The highest BCUT2D eigenvalue weighted by atomic mass is 32.2. The molecule has 2 aromatic heterocycles. The molecule has 0 fully saturated rings. The molecule has 0 atom stereocenters. The van der Waals surface area contributed by atoms with Crippen LogP contribution in [0.5, 0.6) is 0 Å². The maximum atomic E-state index is 12.8. The van der Waals surface area contributed by atoms with Crippen molar-refractivity contribution in [2.75, 3.05) is 44.1 Å². The number of nitrogens with zero attached hydrogens (tertiary/aromatic N) is 4. The largest absolute Gasteiger partial charge is 0.396 e. The number of rotatable bonds is 10. The van der Waals surface area contributed by atoms with Crippen LogP contribution < -0.4 is 5.32 Å². The van der Waals surface area contributed by atoms with Crippen LogP contribution >= 0.6 is 11.8 Å². The van der Waals surface area contributed by atoms with Crippen molar-refractivity contribution >= 4 is 23.5 Å². The molecule has 2 N–H and O–H groups in total. The Balaban J connectivity index is 1.76. The average molecular weight is 440 g/mol. The van der Waals surface area contributed by atoms with Crippen molar-refractivity contribution in [2.24, 2.45) is 0 Å². The molecule has 0 bridgehead atoms. The van der Waals surface area contributed by atoms with Crippen molar-refractivity contribution in [2.45, 2.75) is 13.5 Å². The number of amides is 1. The molecule has 1 amide bonds. The summed E-state index contributed by atoms with van der Waals surface area (Å²) in [5.41, 5.74) is 3.13. The highest BCUT2D eigenvalue weighted by Gasteiger charge is 2.28. The molecule has 8 heteroatoms. The van der Waals surface area contributed by atoms with Gasteiger partial charge < -0.3 is 20.2 Å². The van der Waals surface area contributed by atoms with Gasteiger partial charge in [0.1, 0.15) is 17.3 Å². The molecule has 2 aromatic rings. The van der Waals surface area contributed by atoms with Gasteiger partial charge in [-0.15, -0.1) is 0 Å². The van der Waals surface area contributed by atoms with Crippen molar-refractivity contribution in [3.63, 3.8) is 0 Å². The van der Waals surface area contributed by atoms with E-state index in [9.17, 15) is 4.79 Å².